The van der Waals surface area contributed by atoms with Crippen LogP contribution in [-0.2, 0) is 0 Å². The van der Waals surface area contributed by atoms with Gasteiger partial charge in [-0.15, -0.1) is 19.6 Å². The summed E-state index contributed by atoms with van der Waals surface area (Å²) in [7, 11) is 0. The zero-order chi connectivity index (χ0) is 5.98. The topological polar surface area (TPSA) is 14.1 Å². The average molecular weight is 105 g/mol. The van der Waals surface area contributed by atoms with Crippen molar-refractivity contribution in [3.63, 3.8) is 0 Å². The highest BCUT2D eigenvalue weighted by atomic mass is 14.5. The van der Waals surface area contributed by atoms with Gasteiger partial charge in [-0.05, 0) is 11.1 Å². The maximum atomic E-state index is 3.86. The summed E-state index contributed by atoms with van der Waals surface area (Å²) in [6.45, 7) is 7.36. The third kappa shape index (κ3) is 0.895. The van der Waals surface area contributed by atoms with Gasteiger partial charge in [0, 0.05) is 0 Å². The largest absolute Gasteiger partial charge is 0.227 e. The average Bonchev–Trinajstić information content (AvgIpc) is 1.64. The fourth-order valence-corrected chi connectivity index (χ4v) is 0.541. The van der Waals surface area contributed by atoms with Crippen molar-refractivity contribution in [1.29, 1.82) is 0 Å². The van der Waals surface area contributed by atoms with Gasteiger partial charge in [-0.2, -0.15) is 4.67 Å². The standard InChI is InChI=1S/C7H7N/c1-6-3-7(2)5-8-4-6/h3-5H,1-2H2. The molecule has 1 nitrogen and oxygen atoms in total. The highest BCUT2D eigenvalue weighted by molar-refractivity contribution is 5.95. The Morgan fingerprint density at radius 1 is 1.25 bits per heavy atom. The molecule has 1 heterocycles. The first-order valence-electron chi connectivity index (χ1n) is 2.38. The normalized spacial score (nSPS) is 16.5. The molecule has 8 heavy (non-hydrogen) atoms. The van der Waals surface area contributed by atoms with Gasteiger partial charge in [0.25, 0.3) is 0 Å². The Hall–Kier alpha value is -1.20. The van der Waals surface area contributed by atoms with E-state index in [2.05, 4.69) is 17.8 Å². The van der Waals surface area contributed by atoms with Crippen LogP contribution in [0.5, 0.6) is 0 Å². The van der Waals surface area contributed by atoms with Crippen LogP contribution in [0.25, 0.3) is 0 Å². The Balaban J connectivity index is 2.92. The third-order valence-electron chi connectivity index (χ3n) is 0.852. The van der Waals surface area contributed by atoms with E-state index >= 15 is 0 Å². The van der Waals surface area contributed by atoms with Gasteiger partial charge in [0.2, 0.25) is 12.4 Å². The molecule has 0 N–H and O–H groups in total. The van der Waals surface area contributed by atoms with Gasteiger partial charge < -0.3 is 0 Å². The molecule has 0 radical (unpaired) electrons. The van der Waals surface area contributed by atoms with Crippen molar-refractivity contribution in [3.05, 3.63) is 30.7 Å². The molecule has 0 fully saturated rings. The zero-order valence-corrected chi connectivity index (χ0v) is 4.59. The Kier molecular flexibility index (Phi) is 1.07. The molecule has 0 aromatic rings. The van der Waals surface area contributed by atoms with E-state index in [1.807, 2.05) is 6.42 Å². The molecule has 0 saturated heterocycles. The monoisotopic (exact) mass is 105 g/mol. The molecule has 1 aliphatic heterocycles. The lowest BCUT2D eigenvalue weighted by Gasteiger charge is -1.99. The molecule has 0 amide bonds. The molecule has 0 unspecified atom stereocenters. The molecule has 1 heteroatoms. The number of allylic oxidation sites excluding steroid dienone is 2. The van der Waals surface area contributed by atoms with Crippen molar-refractivity contribution >= 4 is 12.4 Å². The Morgan fingerprint density at radius 2 is 1.75 bits per heavy atom. The molecule has 0 aliphatic carbocycles. The summed E-state index contributed by atoms with van der Waals surface area (Å²) in [5.74, 6) is 0. The Labute approximate surface area is 48.8 Å². The van der Waals surface area contributed by atoms with Gasteiger partial charge >= 0.3 is 0 Å². The van der Waals surface area contributed by atoms with E-state index in [4.69, 9.17) is 0 Å². The summed E-state index contributed by atoms with van der Waals surface area (Å²) in [6, 6.07) is 0. The second kappa shape index (κ2) is 1.73. The predicted molar refractivity (Wildman–Crippen MR) is 36.8 cm³/mol. The number of nitrogens with zero attached hydrogens (tertiary/aromatic N) is 1. The van der Waals surface area contributed by atoms with E-state index in [1.165, 1.54) is 0 Å². The van der Waals surface area contributed by atoms with Crippen molar-refractivity contribution < 1.29 is 0 Å². The molecule has 0 spiro atoms. The minimum atomic E-state index is 0.914. The summed E-state index contributed by atoms with van der Waals surface area (Å²) in [5, 5.41) is 0. The highest BCUT2D eigenvalue weighted by Crippen LogP contribution is 2.00. The second-order valence-corrected chi connectivity index (χ2v) is 1.70. The smallest absolute Gasteiger partial charge is 0.176 e. The first-order chi connectivity index (χ1) is 3.79. The Bertz CT molecular complexity index is 174. The van der Waals surface area contributed by atoms with Crippen molar-refractivity contribution in [2.45, 2.75) is 0 Å². The molecule has 40 valence electrons. The van der Waals surface area contributed by atoms with Crippen LogP contribution < -0.4 is 4.67 Å². The lowest BCUT2D eigenvalue weighted by atomic mass is 10.1. The first-order valence-corrected chi connectivity index (χ1v) is 2.38. The van der Waals surface area contributed by atoms with E-state index in [-0.39, 0.29) is 0 Å². The van der Waals surface area contributed by atoms with Crippen molar-refractivity contribution in [3.8, 4) is 0 Å². The minimum absolute atomic E-state index is 0.914. The van der Waals surface area contributed by atoms with E-state index < -0.39 is 0 Å². The van der Waals surface area contributed by atoms with Gasteiger partial charge in [0.15, 0.2) is 0 Å². The zero-order valence-electron chi connectivity index (χ0n) is 4.59. The SMILES string of the molecule is C=C1C=[N+]=CC(=C)[CH-]1. The van der Waals surface area contributed by atoms with Gasteiger partial charge in [-0.3, -0.25) is 0 Å². The number of rotatable bonds is 0. The van der Waals surface area contributed by atoms with Crippen LogP contribution in [0.15, 0.2) is 24.3 Å². The molecule has 0 bridgehead atoms. The van der Waals surface area contributed by atoms with Gasteiger partial charge in [0.05, 0.1) is 0 Å². The van der Waals surface area contributed by atoms with Crippen LogP contribution >= 0.6 is 0 Å². The molecule has 0 atom stereocenters. The fraction of sp³-hybridized carbons (Fsp3) is 0. The molecule has 1 aliphatic rings. The van der Waals surface area contributed by atoms with Crippen molar-refractivity contribution in [2.75, 3.05) is 0 Å². The number of hydrogen-bond donors (Lipinski definition) is 0. The van der Waals surface area contributed by atoms with Crippen LogP contribution in [0, 0.1) is 6.42 Å². The summed E-state index contributed by atoms with van der Waals surface area (Å²) in [4.78, 5) is 0. The van der Waals surface area contributed by atoms with E-state index in [0.29, 0.717) is 0 Å². The minimum Gasteiger partial charge on any atom is -0.176 e. The molecule has 0 aromatic carbocycles. The van der Waals surface area contributed by atoms with Gasteiger partial charge in [-0.25, -0.2) is 0 Å². The first kappa shape index (κ1) is 4.95. The van der Waals surface area contributed by atoms with E-state index in [1.54, 1.807) is 12.4 Å². The maximum absolute atomic E-state index is 3.86. The molecule has 0 saturated carbocycles. The Morgan fingerprint density at radius 3 is 2.00 bits per heavy atom. The van der Waals surface area contributed by atoms with Crippen LogP contribution in [-0.4, -0.2) is 12.4 Å². The lowest BCUT2D eigenvalue weighted by Crippen LogP contribution is -1.99. The van der Waals surface area contributed by atoms with Crippen LogP contribution in [0.1, 0.15) is 0 Å². The summed E-state index contributed by atoms with van der Waals surface area (Å²) in [6.07, 6.45) is 5.29. The van der Waals surface area contributed by atoms with Crippen LogP contribution in [0.3, 0.4) is 0 Å². The number of hydrogen-bond acceptors (Lipinski definition) is 0. The van der Waals surface area contributed by atoms with E-state index in [0.717, 1.165) is 11.1 Å². The highest BCUT2D eigenvalue weighted by Gasteiger charge is 1.96. The van der Waals surface area contributed by atoms with Crippen LogP contribution in [0.2, 0.25) is 0 Å². The lowest BCUT2D eigenvalue weighted by molar-refractivity contribution is 1.54. The molecule has 0 aromatic heterocycles. The summed E-state index contributed by atoms with van der Waals surface area (Å²) in [5.41, 5.74) is 1.83. The van der Waals surface area contributed by atoms with Gasteiger partial charge in [-0.1, -0.05) is 0 Å². The third-order valence-corrected chi connectivity index (χ3v) is 0.852. The molecule has 1 rings (SSSR count). The van der Waals surface area contributed by atoms with Gasteiger partial charge in [0.1, 0.15) is 0 Å². The second-order valence-electron chi connectivity index (χ2n) is 1.70. The fourth-order valence-electron chi connectivity index (χ4n) is 0.541. The quantitative estimate of drug-likeness (QED) is 0.315. The van der Waals surface area contributed by atoms with Crippen molar-refractivity contribution in [2.24, 2.45) is 0 Å². The molecular formula is C7H7N. The summed E-state index contributed by atoms with van der Waals surface area (Å²) < 4.78 is 3.86. The molecular weight excluding hydrogens is 98.1 g/mol. The maximum Gasteiger partial charge on any atom is 0.227 e. The van der Waals surface area contributed by atoms with Crippen LogP contribution in [0.4, 0.5) is 0 Å². The van der Waals surface area contributed by atoms with E-state index in [9.17, 15) is 0 Å². The predicted octanol–water partition coefficient (Wildman–Crippen LogP) is 0.525. The summed E-state index contributed by atoms with van der Waals surface area (Å²) >= 11 is 0. The van der Waals surface area contributed by atoms with Crippen molar-refractivity contribution in [1.82, 2.24) is 4.67 Å².